The van der Waals surface area contributed by atoms with Crippen LogP contribution in [0.2, 0.25) is 0 Å². The van der Waals surface area contributed by atoms with Crippen LogP contribution in [-0.2, 0) is 13.5 Å². The molecule has 0 amide bonds. The third-order valence-corrected chi connectivity index (χ3v) is 3.13. The molecule has 0 bridgehead atoms. The van der Waals surface area contributed by atoms with Crippen LogP contribution in [0.25, 0.3) is 0 Å². The number of hydrogen-bond acceptors (Lipinski definition) is 3. The maximum Gasteiger partial charge on any atom is 0.0862 e. The molecule has 96 valence electrons. The molecule has 0 spiro atoms. The fourth-order valence-electron chi connectivity index (χ4n) is 2.21. The van der Waals surface area contributed by atoms with E-state index in [1.165, 1.54) is 0 Å². The number of rotatable bonds is 3. The Kier molecular flexibility index (Phi) is 3.48. The summed E-state index contributed by atoms with van der Waals surface area (Å²) in [7, 11) is 1.90. The number of aliphatic hydroxyl groups is 1. The molecular weight excluding hydrogens is 226 g/mol. The highest BCUT2D eigenvalue weighted by molar-refractivity contribution is 5.25. The van der Waals surface area contributed by atoms with Crippen LogP contribution in [0, 0.1) is 20.8 Å². The molecule has 0 radical (unpaired) electrons. The van der Waals surface area contributed by atoms with Crippen LogP contribution in [0.4, 0.5) is 0 Å². The summed E-state index contributed by atoms with van der Waals surface area (Å²) in [4.78, 5) is 4.38. The van der Waals surface area contributed by atoms with Crippen LogP contribution in [-0.4, -0.2) is 19.9 Å². The minimum absolute atomic E-state index is 0.534. The van der Waals surface area contributed by atoms with Crippen molar-refractivity contribution in [2.45, 2.75) is 33.3 Å². The highest BCUT2D eigenvalue weighted by Gasteiger charge is 2.14. The first kappa shape index (κ1) is 12.8. The van der Waals surface area contributed by atoms with E-state index in [0.717, 1.165) is 28.3 Å². The van der Waals surface area contributed by atoms with Gasteiger partial charge in [0, 0.05) is 36.1 Å². The Morgan fingerprint density at radius 1 is 1.22 bits per heavy atom. The lowest BCUT2D eigenvalue weighted by Gasteiger charge is -2.13. The van der Waals surface area contributed by atoms with Gasteiger partial charge in [0.25, 0.3) is 0 Å². The second-order valence-corrected chi connectivity index (χ2v) is 4.75. The van der Waals surface area contributed by atoms with Crippen LogP contribution in [0.5, 0.6) is 0 Å². The number of aryl methyl sites for hydroxylation is 4. The molecule has 2 aromatic rings. The van der Waals surface area contributed by atoms with E-state index in [4.69, 9.17) is 0 Å². The normalized spacial score (nSPS) is 12.7. The largest absolute Gasteiger partial charge is 0.388 e. The summed E-state index contributed by atoms with van der Waals surface area (Å²) in [5.41, 5.74) is 4.75. The molecule has 1 atom stereocenters. The molecule has 0 saturated heterocycles. The monoisotopic (exact) mass is 245 g/mol. The predicted octanol–water partition coefficient (Wildman–Crippen LogP) is 2.02. The first-order valence-electron chi connectivity index (χ1n) is 6.09. The van der Waals surface area contributed by atoms with E-state index in [-0.39, 0.29) is 0 Å². The molecule has 1 unspecified atom stereocenters. The Hall–Kier alpha value is -1.68. The van der Waals surface area contributed by atoms with Crippen LogP contribution in [0.1, 0.15) is 34.4 Å². The van der Waals surface area contributed by atoms with Crippen LogP contribution >= 0.6 is 0 Å². The quantitative estimate of drug-likeness (QED) is 0.900. The summed E-state index contributed by atoms with van der Waals surface area (Å²) in [5, 5.41) is 14.6. The number of aromatic nitrogens is 3. The van der Waals surface area contributed by atoms with E-state index in [9.17, 15) is 5.11 Å². The molecular formula is C14H19N3O. The van der Waals surface area contributed by atoms with E-state index in [2.05, 4.69) is 10.1 Å². The summed E-state index contributed by atoms with van der Waals surface area (Å²) in [6.07, 6.45) is 0.0241. The van der Waals surface area contributed by atoms with Gasteiger partial charge in [-0.1, -0.05) is 6.07 Å². The number of nitrogens with zero attached hydrogens (tertiary/aromatic N) is 3. The predicted molar refractivity (Wildman–Crippen MR) is 70.3 cm³/mol. The standard InChI is InChI=1S/C14H19N3O/c1-9-5-6-13(11(3)15-9)14(18)8-12-7-10(2)16-17(12)4/h5-7,14,18H,8H2,1-4H3. The van der Waals surface area contributed by atoms with E-state index in [1.807, 2.05) is 50.7 Å². The van der Waals surface area contributed by atoms with Gasteiger partial charge in [-0.3, -0.25) is 9.67 Å². The summed E-state index contributed by atoms with van der Waals surface area (Å²) < 4.78 is 1.81. The average Bonchev–Trinajstić information content (AvgIpc) is 2.57. The molecule has 4 nitrogen and oxygen atoms in total. The molecule has 0 aromatic carbocycles. The van der Waals surface area contributed by atoms with Gasteiger partial charge in [-0.25, -0.2) is 0 Å². The molecule has 18 heavy (non-hydrogen) atoms. The maximum absolute atomic E-state index is 10.3. The van der Waals surface area contributed by atoms with Crippen LogP contribution < -0.4 is 0 Å². The number of hydrogen-bond donors (Lipinski definition) is 1. The van der Waals surface area contributed by atoms with E-state index in [1.54, 1.807) is 0 Å². The summed E-state index contributed by atoms with van der Waals surface area (Å²) in [5.74, 6) is 0. The second kappa shape index (κ2) is 4.90. The van der Waals surface area contributed by atoms with Crippen molar-refractivity contribution >= 4 is 0 Å². The summed E-state index contributed by atoms with van der Waals surface area (Å²) in [6, 6.07) is 5.88. The van der Waals surface area contributed by atoms with E-state index in [0.29, 0.717) is 6.42 Å². The van der Waals surface area contributed by atoms with Gasteiger partial charge < -0.3 is 5.11 Å². The van der Waals surface area contributed by atoms with E-state index < -0.39 is 6.10 Å². The van der Waals surface area contributed by atoms with Crippen molar-refractivity contribution in [1.29, 1.82) is 0 Å². The Morgan fingerprint density at radius 3 is 2.50 bits per heavy atom. The van der Waals surface area contributed by atoms with Crippen molar-refractivity contribution in [3.05, 3.63) is 46.5 Å². The van der Waals surface area contributed by atoms with Crippen molar-refractivity contribution < 1.29 is 5.11 Å². The minimum atomic E-state index is -0.534. The minimum Gasteiger partial charge on any atom is -0.388 e. The zero-order valence-corrected chi connectivity index (χ0v) is 11.3. The van der Waals surface area contributed by atoms with Crippen LogP contribution in [0.15, 0.2) is 18.2 Å². The molecule has 0 aliphatic carbocycles. The fraction of sp³-hybridized carbons (Fsp3) is 0.429. The molecule has 2 heterocycles. The molecule has 1 N–H and O–H groups in total. The third-order valence-electron chi connectivity index (χ3n) is 3.13. The number of aliphatic hydroxyl groups excluding tert-OH is 1. The average molecular weight is 245 g/mol. The maximum atomic E-state index is 10.3. The molecule has 0 aliphatic heterocycles. The van der Waals surface area contributed by atoms with Crippen molar-refractivity contribution in [3.63, 3.8) is 0 Å². The second-order valence-electron chi connectivity index (χ2n) is 4.75. The third kappa shape index (κ3) is 2.59. The lowest BCUT2D eigenvalue weighted by atomic mass is 10.0. The Balaban J connectivity index is 2.21. The highest BCUT2D eigenvalue weighted by atomic mass is 16.3. The first-order valence-corrected chi connectivity index (χ1v) is 6.09. The van der Waals surface area contributed by atoms with Crippen molar-refractivity contribution in [2.24, 2.45) is 7.05 Å². The van der Waals surface area contributed by atoms with Gasteiger partial charge in [0.1, 0.15) is 0 Å². The Bertz CT molecular complexity index is 560. The molecule has 0 aliphatic rings. The first-order chi connectivity index (χ1) is 8.47. The van der Waals surface area contributed by atoms with Gasteiger partial charge in [0.2, 0.25) is 0 Å². The van der Waals surface area contributed by atoms with Gasteiger partial charge in [0.05, 0.1) is 11.8 Å². The zero-order valence-electron chi connectivity index (χ0n) is 11.3. The lowest BCUT2D eigenvalue weighted by molar-refractivity contribution is 0.174. The van der Waals surface area contributed by atoms with Crippen molar-refractivity contribution in [1.82, 2.24) is 14.8 Å². The SMILES string of the molecule is Cc1ccc(C(O)Cc2cc(C)nn2C)c(C)n1. The molecule has 0 saturated carbocycles. The van der Waals surface area contributed by atoms with E-state index >= 15 is 0 Å². The van der Waals surface area contributed by atoms with Gasteiger partial charge in [0.15, 0.2) is 0 Å². The zero-order chi connectivity index (χ0) is 13.3. The molecule has 2 aromatic heterocycles. The van der Waals surface area contributed by atoms with Crippen LogP contribution in [0.3, 0.4) is 0 Å². The molecule has 4 heteroatoms. The summed E-state index contributed by atoms with van der Waals surface area (Å²) in [6.45, 7) is 5.84. The fourth-order valence-corrected chi connectivity index (χ4v) is 2.21. The Labute approximate surface area is 107 Å². The topological polar surface area (TPSA) is 50.9 Å². The number of pyridine rings is 1. The molecule has 0 fully saturated rings. The lowest BCUT2D eigenvalue weighted by Crippen LogP contribution is -2.08. The molecule has 2 rings (SSSR count). The highest BCUT2D eigenvalue weighted by Crippen LogP contribution is 2.21. The van der Waals surface area contributed by atoms with Crippen molar-refractivity contribution in [3.8, 4) is 0 Å². The van der Waals surface area contributed by atoms with Gasteiger partial charge in [-0.05, 0) is 32.9 Å². The summed E-state index contributed by atoms with van der Waals surface area (Å²) >= 11 is 0. The Morgan fingerprint density at radius 2 is 1.94 bits per heavy atom. The van der Waals surface area contributed by atoms with Crippen molar-refractivity contribution in [2.75, 3.05) is 0 Å². The smallest absolute Gasteiger partial charge is 0.0862 e. The van der Waals surface area contributed by atoms with Gasteiger partial charge in [-0.2, -0.15) is 5.10 Å². The van der Waals surface area contributed by atoms with Gasteiger partial charge in [-0.15, -0.1) is 0 Å². The van der Waals surface area contributed by atoms with Gasteiger partial charge >= 0.3 is 0 Å².